The van der Waals surface area contributed by atoms with E-state index in [2.05, 4.69) is 37.6 Å². The largest absolute Gasteiger partial charge is 0.368 e. The summed E-state index contributed by atoms with van der Waals surface area (Å²) in [6, 6.07) is 0. The molecular formula is C12H20N6O. The molecule has 0 saturated heterocycles. The number of hydrogen-bond donors (Lipinski definition) is 3. The highest BCUT2D eigenvalue weighted by Gasteiger charge is 2.07. The second kappa shape index (κ2) is 6.86. The Labute approximate surface area is 111 Å². The summed E-state index contributed by atoms with van der Waals surface area (Å²) in [5.74, 6) is 0.501. The summed E-state index contributed by atoms with van der Waals surface area (Å²) in [7, 11) is 0. The minimum absolute atomic E-state index is 0.410. The molecule has 104 valence electrons. The van der Waals surface area contributed by atoms with Crippen molar-refractivity contribution in [1.29, 1.82) is 0 Å². The van der Waals surface area contributed by atoms with Gasteiger partial charge in [0.2, 0.25) is 0 Å². The van der Waals surface area contributed by atoms with Crippen LogP contribution >= 0.6 is 0 Å². The summed E-state index contributed by atoms with van der Waals surface area (Å²) in [6.45, 7) is 3.01. The normalized spacial score (nSPS) is 11.0. The van der Waals surface area contributed by atoms with Gasteiger partial charge >= 0.3 is 5.69 Å². The number of hydrogen-bond acceptors (Lipinski definition) is 5. The first-order valence-corrected chi connectivity index (χ1v) is 6.86. The molecule has 0 atom stereocenters. The van der Waals surface area contributed by atoms with Crippen molar-refractivity contribution >= 4 is 17.0 Å². The molecule has 3 N–H and O–H groups in total. The molecule has 0 unspecified atom stereocenters. The lowest BCUT2D eigenvalue weighted by molar-refractivity contribution is 0.617. The van der Waals surface area contributed by atoms with Crippen LogP contribution in [-0.4, -0.2) is 31.9 Å². The Hall–Kier alpha value is -1.92. The number of aromatic nitrogens is 5. The molecule has 0 aliphatic rings. The van der Waals surface area contributed by atoms with E-state index in [1.54, 1.807) is 0 Å². The van der Waals surface area contributed by atoms with Crippen molar-refractivity contribution in [2.24, 2.45) is 0 Å². The summed E-state index contributed by atoms with van der Waals surface area (Å²) < 4.78 is 0. The Morgan fingerprint density at radius 3 is 2.74 bits per heavy atom. The lowest BCUT2D eigenvalue weighted by Gasteiger charge is -2.04. The number of anilines is 1. The summed E-state index contributed by atoms with van der Waals surface area (Å²) in [6.07, 6.45) is 7.39. The van der Waals surface area contributed by atoms with E-state index in [-0.39, 0.29) is 0 Å². The Morgan fingerprint density at radius 2 is 1.89 bits per heavy atom. The Balaban J connectivity index is 1.81. The maximum atomic E-state index is 11.3. The smallest absolute Gasteiger partial charge is 0.348 e. The third-order valence-electron chi connectivity index (χ3n) is 3.03. The second-order valence-corrected chi connectivity index (χ2v) is 4.61. The fourth-order valence-corrected chi connectivity index (χ4v) is 2.00. The number of unbranched alkanes of at least 4 members (excludes halogenated alkanes) is 5. The monoisotopic (exact) mass is 264 g/mol. The molecule has 0 radical (unpaired) electrons. The number of rotatable bonds is 8. The quantitative estimate of drug-likeness (QED) is 0.631. The predicted octanol–water partition coefficient (Wildman–Crippen LogP) is 1.81. The van der Waals surface area contributed by atoms with Gasteiger partial charge in [-0.05, 0) is 6.42 Å². The molecule has 0 aliphatic carbocycles. The zero-order valence-corrected chi connectivity index (χ0v) is 11.2. The maximum absolute atomic E-state index is 11.3. The minimum atomic E-state index is -0.410. The van der Waals surface area contributed by atoms with Crippen LogP contribution in [-0.2, 0) is 0 Å². The first-order valence-electron chi connectivity index (χ1n) is 6.86. The van der Waals surface area contributed by atoms with Crippen LogP contribution in [0.5, 0.6) is 0 Å². The highest BCUT2D eigenvalue weighted by atomic mass is 16.1. The van der Waals surface area contributed by atoms with E-state index in [9.17, 15) is 4.79 Å². The number of H-pyrrole nitrogens is 2. The van der Waals surface area contributed by atoms with Gasteiger partial charge < -0.3 is 5.32 Å². The van der Waals surface area contributed by atoms with Crippen LogP contribution in [0.1, 0.15) is 45.4 Å². The number of nitrogens with one attached hydrogen (secondary N) is 3. The van der Waals surface area contributed by atoms with Crippen molar-refractivity contribution < 1.29 is 0 Å². The van der Waals surface area contributed by atoms with Gasteiger partial charge in [-0.3, -0.25) is 4.98 Å². The van der Waals surface area contributed by atoms with Crippen LogP contribution in [0.15, 0.2) is 4.79 Å². The fourth-order valence-electron chi connectivity index (χ4n) is 2.00. The standard InChI is InChI=1S/C12H20N6O/c1-2-3-4-5-6-7-8-13-10-9-11(17-18-16-9)15-12(19)14-10/h2-8H2,1H3,(H3,13,14,15,16,17,18,19). The fraction of sp³-hybridized carbons (Fsp3) is 0.667. The van der Waals surface area contributed by atoms with E-state index in [0.29, 0.717) is 17.0 Å². The van der Waals surface area contributed by atoms with Crippen LogP contribution in [0.2, 0.25) is 0 Å². The Kier molecular flexibility index (Phi) is 4.88. The number of aromatic amines is 2. The third kappa shape index (κ3) is 3.77. The molecule has 0 amide bonds. The highest BCUT2D eigenvalue weighted by molar-refractivity contribution is 5.81. The first-order chi connectivity index (χ1) is 9.31. The van der Waals surface area contributed by atoms with Crippen LogP contribution in [0.3, 0.4) is 0 Å². The molecule has 0 bridgehead atoms. The second-order valence-electron chi connectivity index (χ2n) is 4.61. The van der Waals surface area contributed by atoms with Crippen molar-refractivity contribution in [3.63, 3.8) is 0 Å². The van der Waals surface area contributed by atoms with Gasteiger partial charge in [-0.25, -0.2) is 4.79 Å². The minimum Gasteiger partial charge on any atom is -0.368 e. The van der Waals surface area contributed by atoms with Crippen LogP contribution in [0, 0.1) is 0 Å². The molecule has 0 spiro atoms. The van der Waals surface area contributed by atoms with Crippen molar-refractivity contribution in [2.45, 2.75) is 45.4 Å². The molecule has 7 heteroatoms. The van der Waals surface area contributed by atoms with Crippen LogP contribution < -0.4 is 11.0 Å². The molecule has 2 aromatic heterocycles. The zero-order chi connectivity index (χ0) is 13.5. The van der Waals surface area contributed by atoms with Gasteiger partial charge in [-0.15, -0.1) is 5.10 Å². The number of nitrogens with zero attached hydrogens (tertiary/aromatic N) is 3. The zero-order valence-electron chi connectivity index (χ0n) is 11.2. The first kappa shape index (κ1) is 13.5. The van der Waals surface area contributed by atoms with E-state index in [1.807, 2.05) is 0 Å². The van der Waals surface area contributed by atoms with E-state index in [0.717, 1.165) is 13.0 Å². The summed E-state index contributed by atoms with van der Waals surface area (Å²) in [5.41, 5.74) is 0.600. The van der Waals surface area contributed by atoms with Gasteiger partial charge in [-0.2, -0.15) is 15.3 Å². The van der Waals surface area contributed by atoms with Gasteiger partial charge in [0, 0.05) is 6.54 Å². The SMILES string of the molecule is CCCCCCCCNc1nc(=O)[nH]c2n[nH]nc12. The van der Waals surface area contributed by atoms with Crippen molar-refractivity contribution in [2.75, 3.05) is 11.9 Å². The summed E-state index contributed by atoms with van der Waals surface area (Å²) in [5, 5.41) is 13.4. The summed E-state index contributed by atoms with van der Waals surface area (Å²) >= 11 is 0. The molecule has 0 aliphatic heterocycles. The van der Waals surface area contributed by atoms with Crippen molar-refractivity contribution in [1.82, 2.24) is 25.4 Å². The third-order valence-corrected chi connectivity index (χ3v) is 3.03. The van der Waals surface area contributed by atoms with E-state index in [1.165, 1.54) is 32.1 Å². The highest BCUT2D eigenvalue weighted by Crippen LogP contribution is 2.12. The molecular weight excluding hydrogens is 244 g/mol. The molecule has 7 nitrogen and oxygen atoms in total. The number of fused-ring (bicyclic) bond motifs is 1. The maximum Gasteiger partial charge on any atom is 0.348 e. The van der Waals surface area contributed by atoms with E-state index >= 15 is 0 Å². The molecule has 0 saturated carbocycles. The van der Waals surface area contributed by atoms with Crippen LogP contribution in [0.4, 0.5) is 5.82 Å². The molecule has 0 aromatic carbocycles. The van der Waals surface area contributed by atoms with Gasteiger partial charge in [0.25, 0.3) is 0 Å². The van der Waals surface area contributed by atoms with Gasteiger partial charge in [-0.1, -0.05) is 39.0 Å². The lowest BCUT2D eigenvalue weighted by atomic mass is 10.1. The van der Waals surface area contributed by atoms with Gasteiger partial charge in [0.15, 0.2) is 17.0 Å². The summed E-state index contributed by atoms with van der Waals surface area (Å²) in [4.78, 5) is 17.7. The van der Waals surface area contributed by atoms with Crippen LogP contribution in [0.25, 0.3) is 11.2 Å². The Morgan fingerprint density at radius 1 is 1.11 bits per heavy atom. The van der Waals surface area contributed by atoms with Gasteiger partial charge in [0.05, 0.1) is 0 Å². The van der Waals surface area contributed by atoms with Gasteiger partial charge in [0.1, 0.15) is 0 Å². The Bertz CT molecular complexity index is 561. The molecule has 2 heterocycles. The van der Waals surface area contributed by atoms with E-state index < -0.39 is 5.69 Å². The average Bonchev–Trinajstić information content (AvgIpc) is 2.85. The lowest BCUT2D eigenvalue weighted by Crippen LogP contribution is -2.14. The van der Waals surface area contributed by atoms with Crippen molar-refractivity contribution in [3.8, 4) is 0 Å². The molecule has 0 fully saturated rings. The predicted molar refractivity (Wildman–Crippen MR) is 74.2 cm³/mol. The molecule has 2 rings (SSSR count). The van der Waals surface area contributed by atoms with Crippen molar-refractivity contribution in [3.05, 3.63) is 10.5 Å². The van der Waals surface area contributed by atoms with E-state index in [4.69, 9.17) is 0 Å². The topological polar surface area (TPSA) is 99.4 Å². The molecule has 2 aromatic rings. The average molecular weight is 264 g/mol. The molecule has 19 heavy (non-hydrogen) atoms.